The van der Waals surface area contributed by atoms with Crippen LogP contribution >= 0.6 is 0 Å². The summed E-state index contributed by atoms with van der Waals surface area (Å²) in [5.41, 5.74) is -1.67. The Bertz CT molecular complexity index is 215. The molecule has 0 saturated heterocycles. The predicted octanol–water partition coefficient (Wildman–Crippen LogP) is -1.34. The largest absolute Gasteiger partial charge is 0.423 e. The zero-order valence-corrected chi connectivity index (χ0v) is 3.22. The third-order valence-electron chi connectivity index (χ3n) is 0.494. The number of hydrogen-bond acceptors (Lipinski definition) is 3. The summed E-state index contributed by atoms with van der Waals surface area (Å²) in [6.45, 7) is 0. The Kier molecular flexibility index (Phi) is 0.619. The Labute approximate surface area is 36.9 Å². The zero-order chi connectivity index (χ0) is 5.28. The summed E-state index contributed by atoms with van der Waals surface area (Å²) in [5, 5.41) is 3.78. The molecule has 1 rings (SSSR count). The van der Waals surface area contributed by atoms with Gasteiger partial charge in [0.1, 0.15) is 0 Å². The van der Waals surface area contributed by atoms with E-state index < -0.39 is 11.2 Å². The Morgan fingerprint density at radius 2 is 2.14 bits per heavy atom. The first kappa shape index (κ1) is 3.91. The highest BCUT2D eigenvalue weighted by Crippen LogP contribution is 1.41. The van der Waals surface area contributed by atoms with Gasteiger partial charge < -0.3 is 4.52 Å². The fourth-order valence-electron chi connectivity index (χ4n) is 0.216. The van der Waals surface area contributed by atoms with Crippen LogP contribution in [-0.4, -0.2) is 10.4 Å². The summed E-state index contributed by atoms with van der Waals surface area (Å²) in [5.74, 6) is 0. The molecule has 0 aliphatic carbocycles. The van der Waals surface area contributed by atoms with Crippen molar-refractivity contribution in [1.82, 2.24) is 10.4 Å². The molecule has 7 heavy (non-hydrogen) atoms. The molecule has 0 atom stereocenters. The lowest BCUT2D eigenvalue weighted by Gasteiger charge is -1.53. The molecular weight excluding hydrogens is 100 g/mol. The topological polar surface area (TPSA) is 78.9 Å². The fourth-order valence-corrected chi connectivity index (χ4v) is 0.216. The first-order valence-electron chi connectivity index (χ1n) is 1.57. The summed E-state index contributed by atoms with van der Waals surface area (Å²) in [7, 11) is 0. The van der Waals surface area contributed by atoms with E-state index in [-0.39, 0.29) is 0 Å². The van der Waals surface area contributed by atoms with Gasteiger partial charge in [0.25, 0.3) is 0 Å². The highest BCUT2D eigenvalue weighted by Gasteiger charge is 1.89. The molecule has 0 fully saturated rings. The van der Waals surface area contributed by atoms with E-state index in [0.717, 1.165) is 0 Å². The summed E-state index contributed by atoms with van der Waals surface area (Å²) in [4.78, 5) is 19.8. The first-order chi connectivity index (χ1) is 3.30. The normalized spacial score (nSPS) is 9.14. The van der Waals surface area contributed by atoms with Gasteiger partial charge in [-0.05, 0) is 0 Å². The number of H-pyrrole nitrogens is 2. The Balaban J connectivity index is 3.71. The van der Waals surface area contributed by atoms with Crippen molar-refractivity contribution in [1.29, 1.82) is 0 Å². The molecule has 0 aliphatic heterocycles. The van der Waals surface area contributed by atoms with Gasteiger partial charge in [-0.1, -0.05) is 0 Å². The average Bonchev–Trinajstić information content (AvgIpc) is 1.91. The quantitative estimate of drug-likeness (QED) is 0.398. The van der Waals surface area contributed by atoms with Gasteiger partial charge >= 0.3 is 11.2 Å². The molecule has 0 spiro atoms. The van der Waals surface area contributed by atoms with Crippen molar-refractivity contribution < 1.29 is 4.52 Å². The van der Waals surface area contributed by atoms with Gasteiger partial charge in [0.2, 0.25) is 0 Å². The van der Waals surface area contributed by atoms with Gasteiger partial charge in [-0.3, -0.25) is 4.79 Å². The lowest BCUT2D eigenvalue weighted by Crippen LogP contribution is -2.17. The molecule has 0 saturated carbocycles. The molecule has 38 valence electrons. The molecule has 1 heterocycles. The lowest BCUT2D eigenvalue weighted by atomic mass is 10.9. The van der Waals surface area contributed by atoms with Crippen LogP contribution in [0.4, 0.5) is 0 Å². The van der Waals surface area contributed by atoms with Crippen LogP contribution in [-0.2, 0) is 0 Å². The maximum absolute atomic E-state index is 9.93. The van der Waals surface area contributed by atoms with Crippen LogP contribution in [0.3, 0.4) is 0 Å². The first-order valence-corrected chi connectivity index (χ1v) is 1.57. The summed E-state index contributed by atoms with van der Waals surface area (Å²) >= 11 is 0. The molecule has 1 aromatic rings. The van der Waals surface area contributed by atoms with E-state index in [4.69, 9.17) is 0 Å². The van der Waals surface area contributed by atoms with Crippen molar-refractivity contribution in [3.05, 3.63) is 20.8 Å². The average molecular weight is 102 g/mol. The standard InChI is InChI=1S/C2H2N2O3/c5-1-2(6)7-4-3-1/h4H,(H,3,5). The third-order valence-corrected chi connectivity index (χ3v) is 0.494. The van der Waals surface area contributed by atoms with Crippen LogP contribution in [0.15, 0.2) is 14.1 Å². The molecular formula is C2H2N2O3. The molecule has 5 nitrogen and oxygen atoms in total. The monoisotopic (exact) mass is 102 g/mol. The second-order valence-corrected chi connectivity index (χ2v) is 0.946. The van der Waals surface area contributed by atoms with Gasteiger partial charge in [0, 0.05) is 0 Å². The van der Waals surface area contributed by atoms with Crippen LogP contribution in [0.5, 0.6) is 0 Å². The van der Waals surface area contributed by atoms with Crippen molar-refractivity contribution in [3.8, 4) is 0 Å². The smallest absolute Gasteiger partial charge is 0.318 e. The molecule has 1 aromatic heterocycles. The van der Waals surface area contributed by atoms with Gasteiger partial charge in [-0.2, -0.15) is 5.27 Å². The molecule has 2 N–H and O–H groups in total. The van der Waals surface area contributed by atoms with Gasteiger partial charge in [-0.25, -0.2) is 9.89 Å². The number of aromatic nitrogens is 2. The minimum absolute atomic E-state index is 0.764. The van der Waals surface area contributed by atoms with Crippen LogP contribution in [0.1, 0.15) is 0 Å². The van der Waals surface area contributed by atoms with Crippen LogP contribution < -0.4 is 11.2 Å². The van der Waals surface area contributed by atoms with Gasteiger partial charge in [0.15, 0.2) is 0 Å². The third kappa shape index (κ3) is 0.466. The Morgan fingerprint density at radius 1 is 1.43 bits per heavy atom. The van der Waals surface area contributed by atoms with Crippen molar-refractivity contribution in [2.75, 3.05) is 0 Å². The zero-order valence-electron chi connectivity index (χ0n) is 3.22. The van der Waals surface area contributed by atoms with E-state index in [1.165, 1.54) is 0 Å². The number of hydrogen-bond donors (Lipinski definition) is 2. The number of rotatable bonds is 0. The minimum atomic E-state index is -0.903. The van der Waals surface area contributed by atoms with E-state index in [9.17, 15) is 9.59 Å². The molecule has 0 unspecified atom stereocenters. The molecule has 0 amide bonds. The Morgan fingerprint density at radius 3 is 2.29 bits per heavy atom. The second-order valence-electron chi connectivity index (χ2n) is 0.946. The summed E-state index contributed by atoms with van der Waals surface area (Å²) in [6, 6.07) is 0. The van der Waals surface area contributed by atoms with Crippen molar-refractivity contribution in [2.45, 2.75) is 0 Å². The predicted molar refractivity (Wildman–Crippen MR) is 19.9 cm³/mol. The van der Waals surface area contributed by atoms with Crippen molar-refractivity contribution in [3.63, 3.8) is 0 Å². The van der Waals surface area contributed by atoms with Gasteiger partial charge in [-0.15, -0.1) is 0 Å². The summed E-state index contributed by atoms with van der Waals surface area (Å²) in [6.07, 6.45) is 0. The lowest BCUT2D eigenvalue weighted by molar-refractivity contribution is 0.368. The van der Waals surface area contributed by atoms with E-state index in [1.54, 1.807) is 0 Å². The molecule has 5 heteroatoms. The molecule has 0 aromatic carbocycles. The van der Waals surface area contributed by atoms with E-state index in [2.05, 4.69) is 4.52 Å². The maximum atomic E-state index is 9.93. The molecule has 0 aliphatic rings. The van der Waals surface area contributed by atoms with Crippen LogP contribution in [0.2, 0.25) is 0 Å². The highest BCUT2D eigenvalue weighted by molar-refractivity contribution is 4.59. The SMILES string of the molecule is O=c1[nH][nH]oc1=O. The van der Waals surface area contributed by atoms with E-state index >= 15 is 0 Å². The summed E-state index contributed by atoms with van der Waals surface area (Å²) < 4.78 is 3.92. The van der Waals surface area contributed by atoms with E-state index in [0.29, 0.717) is 0 Å². The molecule has 0 radical (unpaired) electrons. The highest BCUT2D eigenvalue weighted by atomic mass is 16.5. The Hall–Kier alpha value is -1.26. The van der Waals surface area contributed by atoms with Crippen molar-refractivity contribution in [2.24, 2.45) is 0 Å². The van der Waals surface area contributed by atoms with Crippen LogP contribution in [0, 0.1) is 0 Å². The second kappa shape index (κ2) is 1.11. The van der Waals surface area contributed by atoms with E-state index in [1.807, 2.05) is 10.4 Å². The number of nitrogens with one attached hydrogen (secondary N) is 2. The number of aromatic amines is 2. The van der Waals surface area contributed by atoms with Crippen molar-refractivity contribution >= 4 is 0 Å². The van der Waals surface area contributed by atoms with Gasteiger partial charge in [0.05, 0.1) is 0 Å². The minimum Gasteiger partial charge on any atom is -0.318 e. The fraction of sp³-hybridized carbons (Fsp3) is 0. The maximum Gasteiger partial charge on any atom is 0.423 e. The van der Waals surface area contributed by atoms with Crippen LogP contribution in [0.25, 0.3) is 0 Å². The molecule has 0 bridgehead atoms.